The van der Waals surface area contributed by atoms with Gasteiger partial charge in [-0.25, -0.2) is 23.1 Å². The Bertz CT molecular complexity index is 1510. The maximum absolute atomic E-state index is 15.3. The zero-order valence-corrected chi connectivity index (χ0v) is 21.3. The molecule has 0 unspecified atom stereocenters. The van der Waals surface area contributed by atoms with E-state index in [-0.39, 0.29) is 28.3 Å². The molecule has 2 aromatic carbocycles. The van der Waals surface area contributed by atoms with Gasteiger partial charge in [0.15, 0.2) is 17.4 Å². The van der Waals surface area contributed by atoms with Gasteiger partial charge in [0.05, 0.1) is 11.2 Å². The molecule has 3 heterocycles. The Labute approximate surface area is 217 Å². The zero-order chi connectivity index (χ0) is 26.8. The van der Waals surface area contributed by atoms with E-state index < -0.39 is 11.6 Å². The fourth-order valence-corrected chi connectivity index (χ4v) is 4.59. The highest BCUT2D eigenvalue weighted by Gasteiger charge is 2.22. The molecule has 0 spiro atoms. The smallest absolute Gasteiger partial charge is 0.234 e. The molecule has 38 heavy (non-hydrogen) atoms. The molecule has 11 heteroatoms. The summed E-state index contributed by atoms with van der Waals surface area (Å²) in [6, 6.07) is 7.38. The highest BCUT2D eigenvalue weighted by atomic mass is 19.1. The van der Waals surface area contributed by atoms with E-state index in [1.54, 1.807) is 39.1 Å². The van der Waals surface area contributed by atoms with E-state index in [1.807, 2.05) is 4.90 Å². The third-order valence-electron chi connectivity index (χ3n) is 6.42. The van der Waals surface area contributed by atoms with E-state index in [0.29, 0.717) is 34.1 Å². The SMILES string of the molecule is CC=C(NC)c1c(Nc2ccc(N3CCNCC3)c(F)c2)ncnc1Oc1cc(F)c2[nH]c(C)cc2c1F. The average Bonchev–Trinajstić information content (AvgIpc) is 3.32. The number of benzene rings is 2. The van der Waals surface area contributed by atoms with Gasteiger partial charge in [-0.3, -0.25) is 0 Å². The van der Waals surface area contributed by atoms with Gasteiger partial charge in [0, 0.05) is 61.8 Å². The first-order chi connectivity index (χ1) is 18.4. The Morgan fingerprint density at radius 2 is 1.87 bits per heavy atom. The normalized spacial score (nSPS) is 14.2. The lowest BCUT2D eigenvalue weighted by molar-refractivity contribution is 0.424. The second-order valence-corrected chi connectivity index (χ2v) is 8.90. The summed E-state index contributed by atoms with van der Waals surface area (Å²) in [5.41, 5.74) is 2.61. The minimum atomic E-state index is -0.720. The van der Waals surface area contributed by atoms with Crippen LogP contribution in [-0.4, -0.2) is 48.2 Å². The van der Waals surface area contributed by atoms with Crippen molar-refractivity contribution >= 4 is 33.8 Å². The predicted octanol–water partition coefficient (Wildman–Crippen LogP) is 5.21. The fourth-order valence-electron chi connectivity index (χ4n) is 4.59. The van der Waals surface area contributed by atoms with Gasteiger partial charge >= 0.3 is 0 Å². The summed E-state index contributed by atoms with van der Waals surface area (Å²) in [6.45, 7) is 6.54. The number of allylic oxidation sites excluding steroid dienone is 1. The van der Waals surface area contributed by atoms with Gasteiger partial charge in [0.2, 0.25) is 5.88 Å². The second-order valence-electron chi connectivity index (χ2n) is 8.90. The van der Waals surface area contributed by atoms with Crippen molar-refractivity contribution in [3.8, 4) is 11.6 Å². The second kappa shape index (κ2) is 10.6. The highest BCUT2D eigenvalue weighted by Crippen LogP contribution is 2.37. The highest BCUT2D eigenvalue weighted by molar-refractivity contribution is 5.84. The van der Waals surface area contributed by atoms with Gasteiger partial charge in [0.25, 0.3) is 0 Å². The lowest BCUT2D eigenvalue weighted by Gasteiger charge is -2.29. The number of H-pyrrole nitrogens is 1. The third-order valence-corrected chi connectivity index (χ3v) is 6.42. The Balaban J connectivity index is 1.51. The van der Waals surface area contributed by atoms with E-state index in [4.69, 9.17) is 4.74 Å². The van der Waals surface area contributed by atoms with Crippen molar-refractivity contribution in [1.82, 2.24) is 25.6 Å². The number of hydrogen-bond donors (Lipinski definition) is 4. The molecule has 5 rings (SSSR count). The Morgan fingerprint density at radius 1 is 1.08 bits per heavy atom. The Hall–Kier alpha value is -4.25. The van der Waals surface area contributed by atoms with E-state index in [0.717, 1.165) is 32.2 Å². The number of nitrogens with one attached hydrogen (secondary N) is 4. The summed E-state index contributed by atoms with van der Waals surface area (Å²) in [6.07, 6.45) is 3.00. The minimum Gasteiger partial charge on any atom is -0.435 e. The summed E-state index contributed by atoms with van der Waals surface area (Å²) >= 11 is 0. The molecule has 4 aromatic rings. The van der Waals surface area contributed by atoms with Crippen LogP contribution < -0.4 is 25.6 Å². The van der Waals surface area contributed by atoms with Gasteiger partial charge in [0.1, 0.15) is 23.5 Å². The first-order valence-corrected chi connectivity index (χ1v) is 12.3. The summed E-state index contributed by atoms with van der Waals surface area (Å²) in [5, 5.41) is 9.50. The fraction of sp³-hybridized carbons (Fsp3) is 0.259. The van der Waals surface area contributed by atoms with E-state index in [1.165, 1.54) is 18.5 Å². The molecule has 0 radical (unpaired) electrons. The van der Waals surface area contributed by atoms with Crippen molar-refractivity contribution in [2.24, 2.45) is 0 Å². The molecular weight excluding hydrogens is 495 g/mol. The molecule has 0 aliphatic carbocycles. The van der Waals surface area contributed by atoms with Crippen LogP contribution in [0.4, 0.5) is 30.4 Å². The number of aromatic nitrogens is 3. The van der Waals surface area contributed by atoms with Crippen LogP contribution in [0.2, 0.25) is 0 Å². The zero-order valence-electron chi connectivity index (χ0n) is 21.3. The molecule has 0 amide bonds. The lowest BCUT2D eigenvalue weighted by atomic mass is 10.1. The van der Waals surface area contributed by atoms with Crippen LogP contribution in [0.1, 0.15) is 18.2 Å². The number of aromatic amines is 1. The summed E-state index contributed by atoms with van der Waals surface area (Å²) in [4.78, 5) is 13.3. The third kappa shape index (κ3) is 4.84. The van der Waals surface area contributed by atoms with Gasteiger partial charge in [-0.1, -0.05) is 6.08 Å². The van der Waals surface area contributed by atoms with E-state index in [2.05, 4.69) is 30.9 Å². The molecule has 198 valence electrons. The molecule has 1 fully saturated rings. The molecule has 1 aliphatic heterocycles. The van der Waals surface area contributed by atoms with Gasteiger partial charge in [-0.15, -0.1) is 0 Å². The van der Waals surface area contributed by atoms with Crippen molar-refractivity contribution in [2.45, 2.75) is 13.8 Å². The minimum absolute atomic E-state index is 0.00670. The number of halogens is 3. The maximum Gasteiger partial charge on any atom is 0.234 e. The van der Waals surface area contributed by atoms with Crippen LogP contribution in [-0.2, 0) is 0 Å². The van der Waals surface area contributed by atoms with Crippen LogP contribution in [0.5, 0.6) is 11.6 Å². The molecule has 1 aliphatic rings. The van der Waals surface area contributed by atoms with Crippen molar-refractivity contribution in [2.75, 3.05) is 43.4 Å². The largest absolute Gasteiger partial charge is 0.435 e. The topological polar surface area (TPSA) is 90.1 Å². The van der Waals surface area contributed by atoms with Crippen LogP contribution in [0.25, 0.3) is 16.6 Å². The average molecular weight is 524 g/mol. The number of piperazine rings is 1. The molecule has 2 aromatic heterocycles. The van der Waals surface area contributed by atoms with Crippen molar-refractivity contribution in [1.29, 1.82) is 0 Å². The predicted molar refractivity (Wildman–Crippen MR) is 143 cm³/mol. The van der Waals surface area contributed by atoms with Crippen LogP contribution in [0.3, 0.4) is 0 Å². The van der Waals surface area contributed by atoms with E-state index >= 15 is 8.78 Å². The van der Waals surface area contributed by atoms with Crippen LogP contribution in [0.15, 0.2) is 42.7 Å². The van der Waals surface area contributed by atoms with Crippen LogP contribution >= 0.6 is 0 Å². The first kappa shape index (κ1) is 25.4. The summed E-state index contributed by atoms with van der Waals surface area (Å²) in [7, 11) is 1.70. The molecule has 0 atom stereocenters. The summed E-state index contributed by atoms with van der Waals surface area (Å²) in [5.74, 6) is -1.77. The van der Waals surface area contributed by atoms with E-state index in [9.17, 15) is 4.39 Å². The quantitative estimate of drug-likeness (QED) is 0.264. The number of hydrogen-bond acceptors (Lipinski definition) is 7. The van der Waals surface area contributed by atoms with Crippen LogP contribution in [0, 0.1) is 24.4 Å². The van der Waals surface area contributed by atoms with Gasteiger partial charge in [-0.2, -0.15) is 0 Å². The summed E-state index contributed by atoms with van der Waals surface area (Å²) < 4.78 is 50.9. The first-order valence-electron chi connectivity index (χ1n) is 12.3. The number of rotatable bonds is 7. The molecular formula is C27H28F3N7O. The molecule has 0 bridgehead atoms. The maximum atomic E-state index is 15.3. The standard InChI is InChI=1S/C27H28F3N7O/c1-4-20(31-3)23-26(36-16-5-6-21(18(28)12-16)37-9-7-32-8-10-37)33-14-34-27(23)38-22-13-19(29)25-17(24(22)30)11-15(2)35-25/h4-6,11-14,31-32,35H,7-10H2,1-3H3,(H,33,34,36). The number of aryl methyl sites for hydroxylation is 1. The number of anilines is 3. The van der Waals surface area contributed by atoms with Crippen molar-refractivity contribution in [3.05, 3.63) is 71.4 Å². The Morgan fingerprint density at radius 3 is 2.58 bits per heavy atom. The monoisotopic (exact) mass is 523 g/mol. The molecule has 0 saturated carbocycles. The van der Waals surface area contributed by atoms with Gasteiger partial charge in [-0.05, 0) is 38.1 Å². The van der Waals surface area contributed by atoms with Crippen molar-refractivity contribution in [3.63, 3.8) is 0 Å². The number of nitrogens with zero attached hydrogens (tertiary/aromatic N) is 3. The molecule has 4 N–H and O–H groups in total. The number of ether oxygens (including phenoxy) is 1. The van der Waals surface area contributed by atoms with Gasteiger partial charge < -0.3 is 30.6 Å². The number of fused-ring (bicyclic) bond motifs is 1. The van der Waals surface area contributed by atoms with Crippen molar-refractivity contribution < 1.29 is 17.9 Å². The molecule has 8 nitrogen and oxygen atoms in total. The molecule has 1 saturated heterocycles. The lowest BCUT2D eigenvalue weighted by Crippen LogP contribution is -2.43. The Kier molecular flexibility index (Phi) is 7.10.